The highest BCUT2D eigenvalue weighted by atomic mass is 16.5. The van der Waals surface area contributed by atoms with Crippen molar-refractivity contribution in [3.05, 3.63) is 23.8 Å². The van der Waals surface area contributed by atoms with E-state index in [-0.39, 0.29) is 17.8 Å². The summed E-state index contributed by atoms with van der Waals surface area (Å²) in [5, 5.41) is 0. The van der Waals surface area contributed by atoms with Gasteiger partial charge in [0.1, 0.15) is 0 Å². The van der Waals surface area contributed by atoms with Crippen LogP contribution in [0.4, 0.5) is 0 Å². The van der Waals surface area contributed by atoms with E-state index in [1.54, 1.807) is 26.0 Å². The fourth-order valence-corrected chi connectivity index (χ4v) is 2.69. The Kier molecular flexibility index (Phi) is 9.64. The van der Waals surface area contributed by atoms with Gasteiger partial charge in [-0.15, -0.1) is 0 Å². The molecule has 1 unspecified atom stereocenters. The summed E-state index contributed by atoms with van der Waals surface area (Å²) in [6, 6.07) is 5.64. The van der Waals surface area contributed by atoms with Gasteiger partial charge in [0, 0.05) is 26.1 Å². The summed E-state index contributed by atoms with van der Waals surface area (Å²) in [4.78, 5) is 28.2. The fourth-order valence-electron chi connectivity index (χ4n) is 2.69. The predicted octanol–water partition coefficient (Wildman–Crippen LogP) is 1.84. The van der Waals surface area contributed by atoms with E-state index in [1.807, 2.05) is 37.2 Å². The molecule has 7 heteroatoms. The van der Waals surface area contributed by atoms with Gasteiger partial charge in [-0.2, -0.15) is 0 Å². The maximum absolute atomic E-state index is 12.8. The Bertz CT molecular complexity index is 618. The second-order valence-corrected chi connectivity index (χ2v) is 6.76. The van der Waals surface area contributed by atoms with Crippen LogP contribution < -0.4 is 9.47 Å². The highest BCUT2D eigenvalue weighted by Crippen LogP contribution is 2.28. The van der Waals surface area contributed by atoms with Crippen molar-refractivity contribution in [1.29, 1.82) is 0 Å². The highest BCUT2D eigenvalue weighted by molar-refractivity contribution is 5.78. The molecule has 0 aliphatic rings. The first kappa shape index (κ1) is 22.8. The normalized spacial score (nSPS) is 11.8. The molecule has 0 aromatic heterocycles. The molecule has 1 rings (SSSR count). The lowest BCUT2D eigenvalue weighted by Crippen LogP contribution is -2.41. The number of methoxy groups -OCH3 is 3. The third-order valence-corrected chi connectivity index (χ3v) is 4.34. The van der Waals surface area contributed by atoms with Crippen molar-refractivity contribution in [1.82, 2.24) is 9.80 Å². The molecule has 27 heavy (non-hydrogen) atoms. The lowest BCUT2D eigenvalue weighted by Gasteiger charge is -2.26. The largest absolute Gasteiger partial charge is 0.493 e. The topological polar surface area (TPSA) is 68.3 Å². The number of nitrogens with zero attached hydrogens (tertiary/aromatic N) is 2. The maximum Gasteiger partial charge on any atom is 0.310 e. The van der Waals surface area contributed by atoms with Crippen LogP contribution in [0.5, 0.6) is 11.5 Å². The first-order valence-corrected chi connectivity index (χ1v) is 9.03. The third-order valence-electron chi connectivity index (χ3n) is 4.34. The number of esters is 1. The van der Waals surface area contributed by atoms with Gasteiger partial charge in [-0.3, -0.25) is 9.59 Å². The number of benzene rings is 1. The van der Waals surface area contributed by atoms with Crippen molar-refractivity contribution < 1.29 is 23.8 Å². The van der Waals surface area contributed by atoms with E-state index in [1.165, 1.54) is 7.11 Å². The van der Waals surface area contributed by atoms with Crippen LogP contribution in [-0.2, 0) is 20.7 Å². The highest BCUT2D eigenvalue weighted by Gasteiger charge is 2.21. The lowest BCUT2D eigenvalue weighted by molar-refractivity contribution is -0.146. The molecule has 0 radical (unpaired) electrons. The second-order valence-electron chi connectivity index (χ2n) is 6.76. The second kappa shape index (κ2) is 11.4. The Morgan fingerprint density at radius 3 is 2.26 bits per heavy atom. The van der Waals surface area contributed by atoms with Gasteiger partial charge in [-0.25, -0.2) is 0 Å². The minimum Gasteiger partial charge on any atom is -0.493 e. The van der Waals surface area contributed by atoms with E-state index in [4.69, 9.17) is 14.2 Å². The molecule has 0 saturated heterocycles. The molecule has 0 aliphatic heterocycles. The van der Waals surface area contributed by atoms with Crippen molar-refractivity contribution in [2.45, 2.75) is 19.8 Å². The van der Waals surface area contributed by atoms with Gasteiger partial charge in [0.05, 0.1) is 27.2 Å². The van der Waals surface area contributed by atoms with Crippen LogP contribution in [0.25, 0.3) is 0 Å². The standard InChI is InChI=1S/C20H32N2O5/c1-15(20(24)27-6)14-22(12-11-21(2)3)19(23)10-8-16-7-9-17(25-4)18(13-16)26-5/h7,9,13,15H,8,10-12,14H2,1-6H3. The van der Waals surface area contributed by atoms with Gasteiger partial charge >= 0.3 is 5.97 Å². The zero-order chi connectivity index (χ0) is 20.4. The maximum atomic E-state index is 12.8. The van der Waals surface area contributed by atoms with Crippen LogP contribution in [0.3, 0.4) is 0 Å². The average Bonchev–Trinajstić information content (AvgIpc) is 2.67. The summed E-state index contributed by atoms with van der Waals surface area (Å²) >= 11 is 0. The van der Waals surface area contributed by atoms with E-state index in [0.717, 1.165) is 12.1 Å². The van der Waals surface area contributed by atoms with Crippen molar-refractivity contribution in [2.24, 2.45) is 5.92 Å². The number of rotatable bonds is 11. The van der Waals surface area contributed by atoms with Gasteiger partial charge in [0.25, 0.3) is 0 Å². The predicted molar refractivity (Wildman–Crippen MR) is 104 cm³/mol. The third kappa shape index (κ3) is 7.46. The Labute approximate surface area is 162 Å². The van der Waals surface area contributed by atoms with E-state index in [0.29, 0.717) is 37.4 Å². The monoisotopic (exact) mass is 380 g/mol. The Morgan fingerprint density at radius 2 is 1.70 bits per heavy atom. The average molecular weight is 380 g/mol. The van der Waals surface area contributed by atoms with E-state index in [9.17, 15) is 9.59 Å². The molecule has 0 spiro atoms. The molecular formula is C20H32N2O5. The van der Waals surface area contributed by atoms with E-state index in [2.05, 4.69) is 0 Å². The lowest BCUT2D eigenvalue weighted by atomic mass is 10.1. The van der Waals surface area contributed by atoms with Crippen LogP contribution in [0.15, 0.2) is 18.2 Å². The van der Waals surface area contributed by atoms with Crippen molar-refractivity contribution >= 4 is 11.9 Å². The molecule has 152 valence electrons. The Balaban J connectivity index is 2.75. The number of carbonyl (C=O) groups is 2. The molecule has 0 aliphatic carbocycles. The molecule has 1 aromatic carbocycles. The molecule has 7 nitrogen and oxygen atoms in total. The van der Waals surface area contributed by atoms with Crippen molar-refractivity contribution in [2.75, 3.05) is 55.1 Å². The Morgan fingerprint density at radius 1 is 1.04 bits per heavy atom. The number of hydrogen-bond donors (Lipinski definition) is 0. The summed E-state index contributed by atoms with van der Waals surface area (Å²) in [5.41, 5.74) is 0.995. The SMILES string of the molecule is COC(=O)C(C)CN(CCN(C)C)C(=O)CCc1ccc(OC)c(OC)c1. The van der Waals surface area contributed by atoms with Gasteiger partial charge < -0.3 is 24.0 Å². The fraction of sp³-hybridized carbons (Fsp3) is 0.600. The molecular weight excluding hydrogens is 348 g/mol. The smallest absolute Gasteiger partial charge is 0.310 e. The first-order chi connectivity index (χ1) is 12.8. The van der Waals surface area contributed by atoms with E-state index >= 15 is 0 Å². The number of hydrogen-bond acceptors (Lipinski definition) is 6. The minimum absolute atomic E-state index is 0.0161. The number of aryl methyl sites for hydroxylation is 1. The minimum atomic E-state index is -0.359. The molecule has 0 bridgehead atoms. The van der Waals surface area contributed by atoms with Crippen LogP contribution >= 0.6 is 0 Å². The Hall–Kier alpha value is -2.28. The van der Waals surface area contributed by atoms with Gasteiger partial charge in [0.15, 0.2) is 11.5 Å². The summed E-state index contributed by atoms with van der Waals surface area (Å²) in [7, 11) is 8.45. The summed E-state index contributed by atoms with van der Waals surface area (Å²) in [6.45, 7) is 3.43. The quantitative estimate of drug-likeness (QED) is 0.546. The molecule has 1 amide bonds. The van der Waals surface area contributed by atoms with Gasteiger partial charge in [-0.05, 0) is 38.2 Å². The first-order valence-electron chi connectivity index (χ1n) is 9.03. The number of likely N-dealkylation sites (N-methyl/N-ethyl adjacent to an activating group) is 1. The number of ether oxygens (including phenoxy) is 3. The number of carbonyl (C=O) groups excluding carboxylic acids is 2. The van der Waals surface area contributed by atoms with Crippen molar-refractivity contribution in [3.63, 3.8) is 0 Å². The zero-order valence-corrected chi connectivity index (χ0v) is 17.3. The zero-order valence-electron chi connectivity index (χ0n) is 17.3. The number of amides is 1. The van der Waals surface area contributed by atoms with Crippen LogP contribution in [0.2, 0.25) is 0 Å². The summed E-state index contributed by atoms with van der Waals surface area (Å²) in [5.74, 6) is 0.653. The molecule has 1 aromatic rings. The van der Waals surface area contributed by atoms with Gasteiger partial charge in [0.2, 0.25) is 5.91 Å². The summed E-state index contributed by atoms with van der Waals surface area (Å²) in [6.07, 6.45) is 0.945. The van der Waals surface area contributed by atoms with Crippen LogP contribution in [0.1, 0.15) is 18.9 Å². The van der Waals surface area contributed by atoms with E-state index < -0.39 is 0 Å². The van der Waals surface area contributed by atoms with Crippen molar-refractivity contribution in [3.8, 4) is 11.5 Å². The molecule has 0 saturated carbocycles. The molecule has 0 heterocycles. The molecule has 1 atom stereocenters. The van der Waals surface area contributed by atoms with Gasteiger partial charge in [-0.1, -0.05) is 13.0 Å². The van der Waals surface area contributed by atoms with Crippen LogP contribution in [-0.4, -0.2) is 76.7 Å². The summed E-state index contributed by atoms with van der Waals surface area (Å²) < 4.78 is 15.3. The molecule has 0 N–H and O–H groups in total. The molecule has 0 fully saturated rings. The van der Waals surface area contributed by atoms with Crippen LogP contribution in [0, 0.1) is 5.92 Å².